The Balaban J connectivity index is 1.86. The van der Waals surface area contributed by atoms with E-state index in [4.69, 9.17) is 4.74 Å². The number of methoxy groups -OCH3 is 1. The molecule has 0 aromatic heterocycles. The Labute approximate surface area is 219 Å². The van der Waals surface area contributed by atoms with Gasteiger partial charge in [-0.1, -0.05) is 49.4 Å². The smallest absolute Gasteiger partial charge is 0.243 e. The molecule has 3 aromatic rings. The molecular weight excluding hydrogens is 490 g/mol. The molecule has 9 heteroatoms. The molecule has 0 heterocycles. The third-order valence-corrected chi connectivity index (χ3v) is 8.24. The number of nitrogens with zero attached hydrogens (tertiary/aromatic N) is 2. The van der Waals surface area contributed by atoms with Crippen molar-refractivity contribution in [3.05, 3.63) is 72.3 Å². The zero-order chi connectivity index (χ0) is 27.2. The highest BCUT2D eigenvalue weighted by Crippen LogP contribution is 2.22. The minimum Gasteiger partial charge on any atom is -0.497 e. The SMILES string of the molecule is CC[C@H](C)NC(=O)[C@H](C)N(Cc1cccc(OC)c1)C(=O)CN(C)S(=O)(=O)c1ccc2ccccc2c1. The maximum Gasteiger partial charge on any atom is 0.243 e. The molecule has 1 N–H and O–H groups in total. The fraction of sp³-hybridized carbons (Fsp3) is 0.357. The zero-order valence-corrected chi connectivity index (χ0v) is 22.8. The van der Waals surface area contributed by atoms with Crippen molar-refractivity contribution in [3.8, 4) is 5.75 Å². The van der Waals surface area contributed by atoms with Gasteiger partial charge in [-0.15, -0.1) is 0 Å². The third-order valence-electron chi connectivity index (χ3n) is 6.44. The maximum absolute atomic E-state index is 13.5. The normalized spacial score (nSPS) is 13.2. The Bertz CT molecular complexity index is 1360. The van der Waals surface area contributed by atoms with Crippen LogP contribution in [0.4, 0.5) is 0 Å². The average molecular weight is 526 g/mol. The Morgan fingerprint density at radius 3 is 2.35 bits per heavy atom. The van der Waals surface area contributed by atoms with Gasteiger partial charge >= 0.3 is 0 Å². The number of sulfonamides is 1. The summed E-state index contributed by atoms with van der Waals surface area (Å²) in [5, 5.41) is 4.62. The van der Waals surface area contributed by atoms with Crippen molar-refractivity contribution in [2.24, 2.45) is 0 Å². The molecule has 0 unspecified atom stereocenters. The number of amides is 2. The summed E-state index contributed by atoms with van der Waals surface area (Å²) in [5.74, 6) is -0.162. The lowest BCUT2D eigenvalue weighted by molar-refractivity contribution is -0.140. The quantitative estimate of drug-likeness (QED) is 0.411. The molecule has 0 aliphatic heterocycles. The molecule has 0 radical (unpaired) electrons. The number of carbonyl (C=O) groups excluding carboxylic acids is 2. The van der Waals surface area contributed by atoms with Gasteiger partial charge < -0.3 is 15.0 Å². The standard InChI is InChI=1S/C28H35N3O5S/c1-6-20(2)29-28(33)21(3)31(18-22-10-9-13-25(16-22)36-5)27(32)19-30(4)37(34,35)26-15-14-23-11-7-8-12-24(23)17-26/h7-17,20-21H,6,18-19H2,1-5H3,(H,29,33)/t20-,21-/m0/s1. The molecular formula is C28H35N3O5S. The molecule has 0 spiro atoms. The number of fused-ring (bicyclic) bond motifs is 1. The summed E-state index contributed by atoms with van der Waals surface area (Å²) < 4.78 is 33.0. The number of benzene rings is 3. The molecule has 3 aromatic carbocycles. The van der Waals surface area contributed by atoms with Crippen LogP contribution in [-0.2, 0) is 26.2 Å². The van der Waals surface area contributed by atoms with Crippen LogP contribution < -0.4 is 10.1 Å². The highest BCUT2D eigenvalue weighted by molar-refractivity contribution is 7.89. The fourth-order valence-electron chi connectivity index (χ4n) is 3.89. The van der Waals surface area contributed by atoms with Gasteiger partial charge in [0.1, 0.15) is 11.8 Å². The average Bonchev–Trinajstić information content (AvgIpc) is 2.90. The molecule has 0 aliphatic carbocycles. The fourth-order valence-corrected chi connectivity index (χ4v) is 5.05. The molecule has 0 bridgehead atoms. The van der Waals surface area contributed by atoms with Crippen LogP contribution in [0.5, 0.6) is 5.75 Å². The summed E-state index contributed by atoms with van der Waals surface area (Å²) in [6, 6.07) is 18.7. The van der Waals surface area contributed by atoms with Gasteiger partial charge in [0.25, 0.3) is 0 Å². The Hall–Kier alpha value is -3.43. The number of carbonyl (C=O) groups is 2. The second-order valence-electron chi connectivity index (χ2n) is 9.14. The second kappa shape index (κ2) is 12.2. The monoisotopic (exact) mass is 525 g/mol. The van der Waals surface area contributed by atoms with E-state index < -0.39 is 28.5 Å². The van der Waals surface area contributed by atoms with E-state index in [0.29, 0.717) is 5.75 Å². The lowest BCUT2D eigenvalue weighted by Gasteiger charge is -2.31. The first-order valence-corrected chi connectivity index (χ1v) is 13.7. The summed E-state index contributed by atoms with van der Waals surface area (Å²) >= 11 is 0. The van der Waals surface area contributed by atoms with Gasteiger partial charge in [0, 0.05) is 19.6 Å². The second-order valence-corrected chi connectivity index (χ2v) is 11.2. The molecule has 37 heavy (non-hydrogen) atoms. The van der Waals surface area contributed by atoms with Crippen LogP contribution in [0.25, 0.3) is 10.8 Å². The van der Waals surface area contributed by atoms with Crippen molar-refractivity contribution < 1.29 is 22.7 Å². The van der Waals surface area contributed by atoms with Crippen molar-refractivity contribution in [2.75, 3.05) is 20.7 Å². The van der Waals surface area contributed by atoms with Crippen LogP contribution in [0, 0.1) is 0 Å². The van der Waals surface area contributed by atoms with E-state index in [1.54, 1.807) is 44.4 Å². The van der Waals surface area contributed by atoms with E-state index in [1.165, 1.54) is 18.0 Å². The lowest BCUT2D eigenvalue weighted by Crippen LogP contribution is -2.51. The van der Waals surface area contributed by atoms with Crippen LogP contribution in [0.1, 0.15) is 32.8 Å². The van der Waals surface area contributed by atoms with Gasteiger partial charge in [-0.05, 0) is 60.9 Å². The van der Waals surface area contributed by atoms with Gasteiger partial charge in [-0.2, -0.15) is 4.31 Å². The van der Waals surface area contributed by atoms with Gasteiger partial charge in [-0.3, -0.25) is 9.59 Å². The van der Waals surface area contributed by atoms with Gasteiger partial charge in [0.15, 0.2) is 0 Å². The van der Waals surface area contributed by atoms with E-state index in [0.717, 1.165) is 27.1 Å². The van der Waals surface area contributed by atoms with Crippen molar-refractivity contribution in [2.45, 2.75) is 50.7 Å². The summed E-state index contributed by atoms with van der Waals surface area (Å²) in [4.78, 5) is 28.0. The molecule has 2 atom stereocenters. The molecule has 0 fully saturated rings. The van der Waals surface area contributed by atoms with Crippen molar-refractivity contribution in [3.63, 3.8) is 0 Å². The van der Waals surface area contributed by atoms with Crippen molar-refractivity contribution >= 4 is 32.6 Å². The van der Waals surface area contributed by atoms with Crippen LogP contribution in [0.15, 0.2) is 71.6 Å². The minimum absolute atomic E-state index is 0.0559. The largest absolute Gasteiger partial charge is 0.497 e. The van der Waals surface area contributed by atoms with Crippen LogP contribution >= 0.6 is 0 Å². The first-order chi connectivity index (χ1) is 17.6. The first kappa shape index (κ1) is 28.1. The van der Waals surface area contributed by atoms with E-state index in [-0.39, 0.29) is 23.4 Å². The Morgan fingerprint density at radius 1 is 0.973 bits per heavy atom. The highest BCUT2D eigenvalue weighted by atomic mass is 32.2. The van der Waals surface area contributed by atoms with E-state index in [1.807, 2.05) is 44.2 Å². The van der Waals surface area contributed by atoms with E-state index >= 15 is 0 Å². The number of rotatable bonds is 11. The summed E-state index contributed by atoms with van der Waals surface area (Å²) in [7, 11) is -1.02. The Morgan fingerprint density at radius 2 is 1.68 bits per heavy atom. The molecule has 2 amide bonds. The molecule has 0 saturated heterocycles. The van der Waals surface area contributed by atoms with Crippen molar-refractivity contribution in [1.82, 2.24) is 14.5 Å². The predicted molar refractivity (Wildman–Crippen MR) is 145 cm³/mol. The number of hydrogen-bond acceptors (Lipinski definition) is 5. The molecule has 0 aliphatic rings. The zero-order valence-electron chi connectivity index (χ0n) is 22.0. The summed E-state index contributed by atoms with van der Waals surface area (Å²) in [6.07, 6.45) is 0.745. The van der Waals surface area contributed by atoms with Gasteiger partial charge in [0.2, 0.25) is 21.8 Å². The molecule has 198 valence electrons. The molecule has 3 rings (SSSR count). The maximum atomic E-state index is 13.5. The van der Waals surface area contributed by atoms with Gasteiger partial charge in [0.05, 0.1) is 18.6 Å². The number of nitrogens with one attached hydrogen (secondary N) is 1. The van der Waals surface area contributed by atoms with Crippen LogP contribution in [0.2, 0.25) is 0 Å². The number of ether oxygens (including phenoxy) is 1. The van der Waals surface area contributed by atoms with Crippen molar-refractivity contribution in [1.29, 1.82) is 0 Å². The van der Waals surface area contributed by atoms with Crippen LogP contribution in [0.3, 0.4) is 0 Å². The van der Waals surface area contributed by atoms with Gasteiger partial charge in [-0.25, -0.2) is 8.42 Å². The van der Waals surface area contributed by atoms with E-state index in [2.05, 4.69) is 5.32 Å². The highest BCUT2D eigenvalue weighted by Gasteiger charge is 2.30. The topological polar surface area (TPSA) is 96.0 Å². The minimum atomic E-state index is -3.95. The number of hydrogen-bond donors (Lipinski definition) is 1. The van der Waals surface area contributed by atoms with E-state index in [9.17, 15) is 18.0 Å². The molecule has 8 nitrogen and oxygen atoms in total. The van der Waals surface area contributed by atoms with Crippen LogP contribution in [-0.4, -0.2) is 62.2 Å². The molecule has 0 saturated carbocycles. The summed E-state index contributed by atoms with van der Waals surface area (Å²) in [6.45, 7) is 5.20. The first-order valence-electron chi connectivity index (χ1n) is 12.2. The number of likely N-dealkylation sites (N-methyl/N-ethyl adjacent to an activating group) is 1. The summed E-state index contributed by atoms with van der Waals surface area (Å²) in [5.41, 5.74) is 0.760. The lowest BCUT2D eigenvalue weighted by atomic mass is 10.1. The third kappa shape index (κ3) is 6.87. The predicted octanol–water partition coefficient (Wildman–Crippen LogP) is 3.80. The Kier molecular flexibility index (Phi) is 9.29.